The molecule has 3 heterocycles. The summed E-state index contributed by atoms with van der Waals surface area (Å²) < 4.78 is 24.3. The van der Waals surface area contributed by atoms with E-state index in [1.165, 1.54) is 17.6 Å². The van der Waals surface area contributed by atoms with Gasteiger partial charge in [-0.25, -0.2) is 13.4 Å². The van der Waals surface area contributed by atoms with Gasteiger partial charge in [-0.2, -0.15) is 0 Å². The molecule has 0 spiro atoms. The van der Waals surface area contributed by atoms with Crippen LogP contribution in [0.2, 0.25) is 0 Å². The number of amides is 1. The third-order valence-corrected chi connectivity index (χ3v) is 7.60. The molecule has 0 unspecified atom stereocenters. The summed E-state index contributed by atoms with van der Waals surface area (Å²) in [6.07, 6.45) is 4.69. The van der Waals surface area contributed by atoms with Gasteiger partial charge in [0.1, 0.15) is 0 Å². The van der Waals surface area contributed by atoms with Crippen LogP contribution in [0.25, 0.3) is 16.3 Å². The van der Waals surface area contributed by atoms with E-state index in [9.17, 15) is 13.2 Å². The van der Waals surface area contributed by atoms with Crippen LogP contribution in [0.1, 0.15) is 4.88 Å². The first-order valence-electron chi connectivity index (χ1n) is 8.76. The van der Waals surface area contributed by atoms with Gasteiger partial charge in [-0.3, -0.25) is 4.79 Å². The lowest BCUT2D eigenvalue weighted by Gasteiger charge is -2.34. The molecule has 146 valence electrons. The van der Waals surface area contributed by atoms with Crippen LogP contribution in [0, 0.1) is 0 Å². The first-order valence-corrected chi connectivity index (χ1v) is 12.3. The van der Waals surface area contributed by atoms with Gasteiger partial charge < -0.3 is 9.80 Å². The van der Waals surface area contributed by atoms with Crippen molar-refractivity contribution in [3.05, 3.63) is 46.7 Å². The third kappa shape index (κ3) is 4.11. The molecule has 28 heavy (non-hydrogen) atoms. The van der Waals surface area contributed by atoms with Crippen LogP contribution < -0.4 is 4.90 Å². The number of anilines is 1. The minimum absolute atomic E-state index is 0.0233. The normalized spacial score (nSPS) is 15.6. The van der Waals surface area contributed by atoms with Crippen molar-refractivity contribution in [1.29, 1.82) is 0 Å². The summed E-state index contributed by atoms with van der Waals surface area (Å²) in [5.74, 6) is 0.0233. The smallest absolute Gasteiger partial charge is 0.246 e. The van der Waals surface area contributed by atoms with Crippen LogP contribution in [-0.4, -0.2) is 56.6 Å². The Bertz CT molecular complexity index is 1130. The number of rotatable bonds is 4. The van der Waals surface area contributed by atoms with Gasteiger partial charge in [-0.05, 0) is 35.7 Å². The second-order valence-corrected chi connectivity index (χ2v) is 10.6. The molecule has 0 atom stereocenters. The Balaban J connectivity index is 1.42. The number of carbonyl (C=O) groups excluding carboxylic acids is 1. The molecule has 1 aliphatic rings. The number of fused-ring (bicyclic) bond motifs is 1. The minimum atomic E-state index is -3.23. The fraction of sp³-hybridized carbons (Fsp3) is 0.263. The van der Waals surface area contributed by atoms with Crippen LogP contribution in [-0.2, 0) is 14.6 Å². The number of aromatic nitrogens is 1. The van der Waals surface area contributed by atoms with Crippen molar-refractivity contribution in [2.45, 2.75) is 4.90 Å². The van der Waals surface area contributed by atoms with Crippen LogP contribution in [0.4, 0.5) is 5.13 Å². The van der Waals surface area contributed by atoms with E-state index < -0.39 is 9.84 Å². The number of hydrogen-bond donors (Lipinski definition) is 0. The fourth-order valence-corrected chi connectivity index (χ4v) is 5.42. The highest BCUT2D eigenvalue weighted by molar-refractivity contribution is 7.90. The Morgan fingerprint density at radius 2 is 1.96 bits per heavy atom. The maximum Gasteiger partial charge on any atom is 0.246 e. The first-order chi connectivity index (χ1) is 13.4. The summed E-state index contributed by atoms with van der Waals surface area (Å²) in [6, 6.07) is 8.97. The van der Waals surface area contributed by atoms with E-state index in [0.717, 1.165) is 20.2 Å². The standard InChI is InChI=1S/C19H19N3O3S3/c1-28(24,25)15-5-6-16-17(13-15)27-19(20-16)22-10-8-21(9-11-22)18(23)7-4-14-3-2-12-26-14/h2-7,12-13H,8-11H2,1H3/b7-4+. The average molecular weight is 434 g/mol. The van der Waals surface area contributed by atoms with Gasteiger partial charge in [0.25, 0.3) is 0 Å². The lowest BCUT2D eigenvalue weighted by atomic mass is 10.3. The number of benzene rings is 1. The summed E-state index contributed by atoms with van der Waals surface area (Å²) >= 11 is 3.09. The molecule has 1 aromatic carbocycles. The lowest BCUT2D eigenvalue weighted by molar-refractivity contribution is -0.126. The number of piperazine rings is 1. The molecule has 1 saturated heterocycles. The van der Waals surface area contributed by atoms with E-state index in [2.05, 4.69) is 9.88 Å². The molecule has 4 rings (SSSR count). The molecule has 0 aliphatic carbocycles. The van der Waals surface area contributed by atoms with E-state index in [1.54, 1.807) is 35.6 Å². The zero-order valence-corrected chi connectivity index (χ0v) is 17.7. The fourth-order valence-electron chi connectivity index (χ4n) is 3.02. The van der Waals surface area contributed by atoms with E-state index in [1.807, 2.05) is 28.5 Å². The summed E-state index contributed by atoms with van der Waals surface area (Å²) in [7, 11) is -3.23. The van der Waals surface area contributed by atoms with Gasteiger partial charge >= 0.3 is 0 Å². The Labute approximate surface area is 171 Å². The third-order valence-electron chi connectivity index (χ3n) is 4.57. The van der Waals surface area contributed by atoms with Crippen molar-refractivity contribution in [3.8, 4) is 0 Å². The number of hydrogen-bond acceptors (Lipinski definition) is 7. The lowest BCUT2D eigenvalue weighted by Crippen LogP contribution is -2.48. The predicted octanol–water partition coefficient (Wildman–Crippen LogP) is 3.12. The minimum Gasteiger partial charge on any atom is -0.345 e. The van der Waals surface area contributed by atoms with Gasteiger partial charge in [0.2, 0.25) is 5.91 Å². The second-order valence-electron chi connectivity index (χ2n) is 6.56. The Morgan fingerprint density at radius 3 is 2.64 bits per heavy atom. The molecule has 3 aromatic rings. The van der Waals surface area contributed by atoms with Crippen LogP contribution in [0.15, 0.2) is 46.7 Å². The highest BCUT2D eigenvalue weighted by atomic mass is 32.2. The molecule has 6 nitrogen and oxygen atoms in total. The van der Waals surface area contributed by atoms with Crippen molar-refractivity contribution in [1.82, 2.24) is 9.88 Å². The zero-order chi connectivity index (χ0) is 19.7. The molecule has 1 fully saturated rings. The molecular weight excluding hydrogens is 414 g/mol. The van der Waals surface area contributed by atoms with Gasteiger partial charge in [0.15, 0.2) is 15.0 Å². The molecule has 1 amide bonds. The van der Waals surface area contributed by atoms with Crippen molar-refractivity contribution in [2.24, 2.45) is 0 Å². The van der Waals surface area contributed by atoms with Crippen molar-refractivity contribution in [2.75, 3.05) is 37.3 Å². The number of carbonyl (C=O) groups is 1. The van der Waals surface area contributed by atoms with E-state index in [-0.39, 0.29) is 5.91 Å². The highest BCUT2D eigenvalue weighted by Crippen LogP contribution is 2.31. The van der Waals surface area contributed by atoms with E-state index >= 15 is 0 Å². The number of nitrogens with zero attached hydrogens (tertiary/aromatic N) is 3. The van der Waals surface area contributed by atoms with Gasteiger partial charge in [-0.1, -0.05) is 17.4 Å². The highest BCUT2D eigenvalue weighted by Gasteiger charge is 2.22. The van der Waals surface area contributed by atoms with Crippen molar-refractivity contribution in [3.63, 3.8) is 0 Å². The predicted molar refractivity (Wildman–Crippen MR) is 115 cm³/mol. The van der Waals surface area contributed by atoms with Crippen LogP contribution >= 0.6 is 22.7 Å². The molecule has 0 saturated carbocycles. The summed E-state index contributed by atoms with van der Waals surface area (Å²) in [6.45, 7) is 2.69. The van der Waals surface area contributed by atoms with Gasteiger partial charge in [0, 0.05) is 43.4 Å². The molecular formula is C19H19N3O3S3. The summed E-state index contributed by atoms with van der Waals surface area (Å²) in [4.78, 5) is 22.4. The molecule has 1 aliphatic heterocycles. The SMILES string of the molecule is CS(=O)(=O)c1ccc2nc(N3CCN(C(=O)/C=C/c4cccs4)CC3)sc2c1. The summed E-state index contributed by atoms with van der Waals surface area (Å²) in [5, 5.41) is 2.85. The number of thiophene rings is 1. The zero-order valence-electron chi connectivity index (χ0n) is 15.2. The van der Waals surface area contributed by atoms with Gasteiger partial charge in [-0.15, -0.1) is 11.3 Å². The van der Waals surface area contributed by atoms with Crippen molar-refractivity contribution >= 4 is 59.8 Å². The molecule has 2 aromatic heterocycles. The quantitative estimate of drug-likeness (QED) is 0.591. The van der Waals surface area contributed by atoms with Crippen LogP contribution in [0.3, 0.4) is 0 Å². The molecule has 9 heteroatoms. The Kier molecular flexibility index (Phi) is 5.22. The summed E-state index contributed by atoms with van der Waals surface area (Å²) in [5.41, 5.74) is 0.796. The van der Waals surface area contributed by atoms with Crippen molar-refractivity contribution < 1.29 is 13.2 Å². The molecule has 0 radical (unpaired) electrons. The average Bonchev–Trinajstić information content (AvgIpc) is 3.34. The Morgan fingerprint density at radius 1 is 1.18 bits per heavy atom. The monoisotopic (exact) mass is 433 g/mol. The maximum absolute atomic E-state index is 12.4. The Hall–Kier alpha value is -2.23. The van der Waals surface area contributed by atoms with E-state index in [0.29, 0.717) is 31.1 Å². The number of sulfone groups is 1. The second kappa shape index (κ2) is 7.65. The van der Waals surface area contributed by atoms with Gasteiger partial charge in [0.05, 0.1) is 15.1 Å². The van der Waals surface area contributed by atoms with E-state index in [4.69, 9.17) is 0 Å². The topological polar surface area (TPSA) is 70.6 Å². The van der Waals surface area contributed by atoms with Crippen LogP contribution in [0.5, 0.6) is 0 Å². The largest absolute Gasteiger partial charge is 0.345 e. The molecule has 0 bridgehead atoms. The molecule has 0 N–H and O–H groups in total. The maximum atomic E-state index is 12.4. The number of thiazole rings is 1. The first kappa shape index (κ1) is 19.1.